The minimum Gasteiger partial charge on any atom is -0.380 e. The van der Waals surface area contributed by atoms with Crippen LogP contribution in [-0.4, -0.2) is 0 Å². The van der Waals surface area contributed by atoms with Crippen LogP contribution in [0.4, 0.5) is 14.5 Å². The van der Waals surface area contributed by atoms with Crippen LogP contribution in [-0.2, 0) is 19.4 Å². The first kappa shape index (κ1) is 16.0. The van der Waals surface area contributed by atoms with Crippen molar-refractivity contribution < 1.29 is 8.78 Å². The van der Waals surface area contributed by atoms with Crippen LogP contribution in [0.5, 0.6) is 0 Å². The van der Waals surface area contributed by atoms with Gasteiger partial charge in [-0.3, -0.25) is 0 Å². The van der Waals surface area contributed by atoms with Gasteiger partial charge in [0.1, 0.15) is 11.6 Å². The number of para-hydroxylation sites is 1. The number of halogens is 3. The largest absolute Gasteiger partial charge is 0.380 e. The zero-order valence-corrected chi connectivity index (χ0v) is 13.7. The molecular formula is C17H18BrF2N. The standard InChI is InChI=1S/C17H18BrF2N/c1-3-11-6-5-7-12(4-2)17(11)21-10-13-15(19)9-8-14(18)16(13)20/h5-9,21H,3-4,10H2,1-2H3. The zero-order valence-electron chi connectivity index (χ0n) is 12.1. The molecule has 0 amide bonds. The van der Waals surface area contributed by atoms with Crippen molar-refractivity contribution in [1.29, 1.82) is 0 Å². The summed E-state index contributed by atoms with van der Waals surface area (Å²) in [6, 6.07) is 8.75. The van der Waals surface area contributed by atoms with E-state index in [-0.39, 0.29) is 16.6 Å². The average Bonchev–Trinajstić information content (AvgIpc) is 2.50. The van der Waals surface area contributed by atoms with Crippen LogP contribution in [0.1, 0.15) is 30.5 Å². The van der Waals surface area contributed by atoms with E-state index in [0.29, 0.717) is 0 Å². The van der Waals surface area contributed by atoms with Crippen molar-refractivity contribution in [2.24, 2.45) is 0 Å². The molecule has 0 radical (unpaired) electrons. The molecule has 0 aliphatic heterocycles. The average molecular weight is 354 g/mol. The van der Waals surface area contributed by atoms with Gasteiger partial charge in [-0.2, -0.15) is 0 Å². The van der Waals surface area contributed by atoms with E-state index >= 15 is 0 Å². The highest BCUT2D eigenvalue weighted by Crippen LogP contribution is 2.26. The fourth-order valence-corrected chi connectivity index (χ4v) is 2.75. The Labute approximate surface area is 132 Å². The van der Waals surface area contributed by atoms with Gasteiger partial charge >= 0.3 is 0 Å². The third-order valence-electron chi connectivity index (χ3n) is 3.58. The molecule has 1 nitrogen and oxygen atoms in total. The molecule has 0 saturated heterocycles. The van der Waals surface area contributed by atoms with Crippen molar-refractivity contribution >= 4 is 21.6 Å². The highest BCUT2D eigenvalue weighted by molar-refractivity contribution is 9.10. The lowest BCUT2D eigenvalue weighted by Crippen LogP contribution is -2.08. The second kappa shape index (κ2) is 7.03. The fourth-order valence-electron chi connectivity index (χ4n) is 2.38. The molecule has 112 valence electrons. The molecule has 0 spiro atoms. The Balaban J connectivity index is 2.31. The van der Waals surface area contributed by atoms with Crippen molar-refractivity contribution in [2.45, 2.75) is 33.2 Å². The second-order valence-corrected chi connectivity index (χ2v) is 5.69. The van der Waals surface area contributed by atoms with Gasteiger partial charge in [0, 0.05) is 17.8 Å². The lowest BCUT2D eigenvalue weighted by Gasteiger charge is -2.16. The first-order valence-electron chi connectivity index (χ1n) is 7.05. The number of rotatable bonds is 5. The Kier molecular flexibility index (Phi) is 5.34. The van der Waals surface area contributed by atoms with Crippen LogP contribution in [0.2, 0.25) is 0 Å². The summed E-state index contributed by atoms with van der Waals surface area (Å²) in [7, 11) is 0. The predicted molar refractivity (Wildman–Crippen MR) is 86.6 cm³/mol. The van der Waals surface area contributed by atoms with Gasteiger partial charge in [-0.05, 0) is 52.0 Å². The maximum absolute atomic E-state index is 14.0. The summed E-state index contributed by atoms with van der Waals surface area (Å²) in [5.74, 6) is -1.08. The quantitative estimate of drug-likeness (QED) is 0.703. The van der Waals surface area contributed by atoms with Crippen molar-refractivity contribution in [1.82, 2.24) is 0 Å². The van der Waals surface area contributed by atoms with Gasteiger partial charge in [0.15, 0.2) is 0 Å². The van der Waals surface area contributed by atoms with Crippen LogP contribution >= 0.6 is 15.9 Å². The summed E-state index contributed by atoms with van der Waals surface area (Å²) in [5.41, 5.74) is 3.36. The highest BCUT2D eigenvalue weighted by Gasteiger charge is 2.13. The molecule has 0 aliphatic carbocycles. The van der Waals surface area contributed by atoms with Gasteiger partial charge in [0.2, 0.25) is 0 Å². The molecule has 0 fully saturated rings. The van der Waals surface area contributed by atoms with E-state index in [1.165, 1.54) is 12.1 Å². The summed E-state index contributed by atoms with van der Waals surface area (Å²) < 4.78 is 28.1. The Bertz CT molecular complexity index is 619. The molecular weight excluding hydrogens is 336 g/mol. The van der Waals surface area contributed by atoms with Crippen LogP contribution < -0.4 is 5.32 Å². The summed E-state index contributed by atoms with van der Waals surface area (Å²) in [6.45, 7) is 4.27. The lowest BCUT2D eigenvalue weighted by molar-refractivity contribution is 0.555. The third kappa shape index (κ3) is 3.43. The number of nitrogens with one attached hydrogen (secondary N) is 1. The molecule has 0 saturated carbocycles. The summed E-state index contributed by atoms with van der Waals surface area (Å²) >= 11 is 3.09. The number of hydrogen-bond donors (Lipinski definition) is 1. The van der Waals surface area contributed by atoms with Crippen molar-refractivity contribution in [3.8, 4) is 0 Å². The Hall–Kier alpha value is -1.42. The summed E-state index contributed by atoms with van der Waals surface area (Å²) in [5, 5.41) is 3.21. The van der Waals surface area contributed by atoms with Gasteiger partial charge in [-0.15, -0.1) is 0 Å². The maximum Gasteiger partial charge on any atom is 0.145 e. The monoisotopic (exact) mass is 353 g/mol. The van der Waals surface area contributed by atoms with E-state index in [2.05, 4.69) is 35.1 Å². The number of hydrogen-bond acceptors (Lipinski definition) is 1. The smallest absolute Gasteiger partial charge is 0.145 e. The Morgan fingerprint density at radius 2 is 1.62 bits per heavy atom. The molecule has 0 aromatic heterocycles. The molecule has 0 aliphatic rings. The Morgan fingerprint density at radius 1 is 1.00 bits per heavy atom. The molecule has 2 aromatic carbocycles. The van der Waals surface area contributed by atoms with E-state index in [1.807, 2.05) is 18.2 Å². The molecule has 4 heteroatoms. The number of benzene rings is 2. The summed E-state index contributed by atoms with van der Waals surface area (Å²) in [4.78, 5) is 0. The second-order valence-electron chi connectivity index (χ2n) is 4.83. The van der Waals surface area contributed by atoms with Crippen LogP contribution in [0.15, 0.2) is 34.8 Å². The molecule has 1 N–H and O–H groups in total. The van der Waals surface area contributed by atoms with Gasteiger partial charge in [-0.25, -0.2) is 8.78 Å². The summed E-state index contributed by atoms with van der Waals surface area (Å²) in [6.07, 6.45) is 1.75. The first-order valence-corrected chi connectivity index (χ1v) is 7.84. The predicted octanol–water partition coefficient (Wildman–Crippen LogP) is 5.46. The lowest BCUT2D eigenvalue weighted by atomic mass is 10.0. The topological polar surface area (TPSA) is 12.0 Å². The van der Waals surface area contributed by atoms with Crippen molar-refractivity contribution in [2.75, 3.05) is 5.32 Å². The Morgan fingerprint density at radius 3 is 2.19 bits per heavy atom. The minimum absolute atomic E-state index is 0.0531. The zero-order chi connectivity index (χ0) is 15.4. The molecule has 0 unspecified atom stereocenters. The van der Waals surface area contributed by atoms with E-state index in [4.69, 9.17) is 0 Å². The molecule has 0 heterocycles. The van der Waals surface area contributed by atoms with Gasteiger partial charge in [-0.1, -0.05) is 32.0 Å². The first-order chi connectivity index (χ1) is 10.1. The van der Waals surface area contributed by atoms with Crippen LogP contribution in [0, 0.1) is 11.6 Å². The van der Waals surface area contributed by atoms with Crippen LogP contribution in [0.25, 0.3) is 0 Å². The molecule has 21 heavy (non-hydrogen) atoms. The fraction of sp³-hybridized carbons (Fsp3) is 0.294. The van der Waals surface area contributed by atoms with Crippen LogP contribution in [0.3, 0.4) is 0 Å². The third-order valence-corrected chi connectivity index (χ3v) is 4.19. The van der Waals surface area contributed by atoms with Crippen molar-refractivity contribution in [3.05, 3.63) is 63.1 Å². The van der Waals surface area contributed by atoms with Gasteiger partial charge < -0.3 is 5.32 Å². The van der Waals surface area contributed by atoms with Gasteiger partial charge in [0.05, 0.1) is 4.47 Å². The van der Waals surface area contributed by atoms with E-state index in [1.54, 1.807) is 0 Å². The van der Waals surface area contributed by atoms with E-state index in [0.717, 1.165) is 29.7 Å². The van der Waals surface area contributed by atoms with Crippen molar-refractivity contribution in [3.63, 3.8) is 0 Å². The highest BCUT2D eigenvalue weighted by atomic mass is 79.9. The number of anilines is 1. The number of aryl methyl sites for hydroxylation is 2. The van der Waals surface area contributed by atoms with E-state index in [9.17, 15) is 8.78 Å². The molecule has 2 rings (SSSR count). The molecule has 2 aromatic rings. The maximum atomic E-state index is 14.0. The molecule has 0 atom stereocenters. The van der Waals surface area contributed by atoms with Gasteiger partial charge in [0.25, 0.3) is 0 Å². The SMILES string of the molecule is CCc1cccc(CC)c1NCc1c(F)ccc(Br)c1F. The molecule has 0 bridgehead atoms. The minimum atomic E-state index is -0.547. The van der Waals surface area contributed by atoms with E-state index < -0.39 is 11.6 Å². The normalized spacial score (nSPS) is 10.7.